The summed E-state index contributed by atoms with van der Waals surface area (Å²) in [6.07, 6.45) is 3.44. The SMILES string of the molecule is COC1=NOc2c(O)cccc2C=C1. The lowest BCUT2D eigenvalue weighted by Gasteiger charge is -2.03. The molecule has 72 valence electrons. The van der Waals surface area contributed by atoms with Crippen molar-refractivity contribution in [1.82, 2.24) is 0 Å². The quantitative estimate of drug-likeness (QED) is 0.679. The van der Waals surface area contributed by atoms with Crippen molar-refractivity contribution in [3.63, 3.8) is 0 Å². The molecule has 1 aliphatic rings. The molecule has 0 radical (unpaired) electrons. The van der Waals surface area contributed by atoms with E-state index in [1.54, 1.807) is 24.3 Å². The van der Waals surface area contributed by atoms with E-state index in [-0.39, 0.29) is 5.75 Å². The highest BCUT2D eigenvalue weighted by molar-refractivity contribution is 5.92. The summed E-state index contributed by atoms with van der Waals surface area (Å²) in [5.74, 6) is 0.768. The van der Waals surface area contributed by atoms with Crippen LogP contribution in [-0.4, -0.2) is 18.1 Å². The van der Waals surface area contributed by atoms with Crippen molar-refractivity contribution < 1.29 is 14.7 Å². The van der Waals surface area contributed by atoms with Crippen LogP contribution in [0.15, 0.2) is 29.4 Å². The van der Waals surface area contributed by atoms with Crippen molar-refractivity contribution in [3.05, 3.63) is 29.8 Å². The number of benzene rings is 1. The highest BCUT2D eigenvalue weighted by atomic mass is 16.7. The number of phenols is 1. The lowest BCUT2D eigenvalue weighted by Crippen LogP contribution is -1.97. The van der Waals surface area contributed by atoms with Crippen LogP contribution in [0.25, 0.3) is 6.08 Å². The summed E-state index contributed by atoms with van der Waals surface area (Å²) < 4.78 is 4.90. The molecule has 1 aromatic carbocycles. The second-order valence-corrected chi connectivity index (χ2v) is 2.75. The average molecular weight is 191 g/mol. The van der Waals surface area contributed by atoms with E-state index >= 15 is 0 Å². The average Bonchev–Trinajstić information content (AvgIpc) is 2.41. The maximum absolute atomic E-state index is 9.47. The van der Waals surface area contributed by atoms with E-state index in [0.29, 0.717) is 11.6 Å². The van der Waals surface area contributed by atoms with Gasteiger partial charge in [-0.05, 0) is 17.3 Å². The van der Waals surface area contributed by atoms with Gasteiger partial charge in [0.2, 0.25) is 5.75 Å². The van der Waals surface area contributed by atoms with Gasteiger partial charge in [-0.1, -0.05) is 12.1 Å². The van der Waals surface area contributed by atoms with Crippen LogP contribution in [0.4, 0.5) is 0 Å². The van der Waals surface area contributed by atoms with E-state index < -0.39 is 0 Å². The maximum atomic E-state index is 9.47. The molecular formula is C10H9NO3. The fourth-order valence-electron chi connectivity index (χ4n) is 1.16. The van der Waals surface area contributed by atoms with Gasteiger partial charge in [0.25, 0.3) is 5.90 Å². The fraction of sp³-hybridized carbons (Fsp3) is 0.100. The summed E-state index contributed by atoms with van der Waals surface area (Å²) in [6, 6.07) is 5.10. The number of hydrogen-bond donors (Lipinski definition) is 1. The van der Waals surface area contributed by atoms with Gasteiger partial charge in [0, 0.05) is 11.6 Å². The van der Waals surface area contributed by atoms with Crippen LogP contribution >= 0.6 is 0 Å². The van der Waals surface area contributed by atoms with E-state index in [1.807, 2.05) is 6.07 Å². The van der Waals surface area contributed by atoms with Gasteiger partial charge in [-0.25, -0.2) is 0 Å². The monoisotopic (exact) mass is 191 g/mol. The molecule has 0 saturated heterocycles. The highest BCUT2D eigenvalue weighted by Gasteiger charge is 2.10. The molecule has 4 nitrogen and oxygen atoms in total. The van der Waals surface area contributed by atoms with Crippen molar-refractivity contribution in [2.75, 3.05) is 7.11 Å². The van der Waals surface area contributed by atoms with Crippen molar-refractivity contribution in [3.8, 4) is 11.5 Å². The Kier molecular flexibility index (Phi) is 2.10. The Labute approximate surface area is 81.1 Å². The Morgan fingerprint density at radius 3 is 3.00 bits per heavy atom. The molecule has 0 aliphatic carbocycles. The smallest absolute Gasteiger partial charge is 0.250 e. The van der Waals surface area contributed by atoms with Gasteiger partial charge in [-0.2, -0.15) is 0 Å². The zero-order chi connectivity index (χ0) is 9.97. The molecule has 0 aromatic heterocycles. The molecule has 4 heteroatoms. The molecule has 0 bridgehead atoms. The topological polar surface area (TPSA) is 51.0 Å². The minimum atomic E-state index is 0.0632. The van der Waals surface area contributed by atoms with Crippen molar-refractivity contribution in [2.45, 2.75) is 0 Å². The van der Waals surface area contributed by atoms with Crippen LogP contribution in [0.2, 0.25) is 0 Å². The fourth-order valence-corrected chi connectivity index (χ4v) is 1.16. The molecule has 1 aromatic rings. The first-order valence-corrected chi connectivity index (χ1v) is 4.10. The number of fused-ring (bicyclic) bond motifs is 1. The Morgan fingerprint density at radius 2 is 2.21 bits per heavy atom. The molecule has 0 fully saturated rings. The summed E-state index contributed by atoms with van der Waals surface area (Å²) in [5.41, 5.74) is 0.765. The summed E-state index contributed by atoms with van der Waals surface area (Å²) in [4.78, 5) is 5.03. The molecule has 1 heterocycles. The zero-order valence-corrected chi connectivity index (χ0v) is 7.60. The lowest BCUT2D eigenvalue weighted by molar-refractivity contribution is 0.294. The maximum Gasteiger partial charge on any atom is 0.250 e. The van der Waals surface area contributed by atoms with Crippen molar-refractivity contribution >= 4 is 12.0 Å². The third kappa shape index (κ3) is 1.42. The molecular weight excluding hydrogens is 182 g/mol. The van der Waals surface area contributed by atoms with Gasteiger partial charge < -0.3 is 14.7 Å². The highest BCUT2D eigenvalue weighted by Crippen LogP contribution is 2.32. The number of ether oxygens (including phenoxy) is 1. The van der Waals surface area contributed by atoms with E-state index in [2.05, 4.69) is 5.16 Å². The van der Waals surface area contributed by atoms with Gasteiger partial charge in [0.15, 0.2) is 5.75 Å². The van der Waals surface area contributed by atoms with E-state index in [4.69, 9.17) is 9.57 Å². The van der Waals surface area contributed by atoms with Gasteiger partial charge in [-0.15, -0.1) is 0 Å². The number of hydrogen-bond acceptors (Lipinski definition) is 4. The number of phenolic OH excluding ortho intramolecular Hbond substituents is 1. The molecule has 1 aliphatic heterocycles. The molecule has 1 N–H and O–H groups in total. The minimum absolute atomic E-state index is 0.0632. The van der Waals surface area contributed by atoms with Crippen LogP contribution in [0, 0.1) is 0 Å². The zero-order valence-electron chi connectivity index (χ0n) is 7.60. The molecule has 0 spiro atoms. The minimum Gasteiger partial charge on any atom is -0.504 e. The molecule has 0 amide bonds. The molecule has 2 rings (SSSR count). The Bertz CT molecular complexity index is 410. The third-order valence-corrected chi connectivity index (χ3v) is 1.87. The number of aromatic hydroxyl groups is 1. The summed E-state index contributed by atoms with van der Waals surface area (Å²) in [5, 5.41) is 13.2. The van der Waals surface area contributed by atoms with Crippen molar-refractivity contribution in [1.29, 1.82) is 0 Å². The number of nitrogens with zero attached hydrogens (tertiary/aromatic N) is 1. The number of para-hydroxylation sites is 1. The van der Waals surface area contributed by atoms with Crippen LogP contribution in [0.5, 0.6) is 11.5 Å². The van der Waals surface area contributed by atoms with Crippen LogP contribution in [0.3, 0.4) is 0 Å². The third-order valence-electron chi connectivity index (χ3n) is 1.87. The Morgan fingerprint density at radius 1 is 1.36 bits per heavy atom. The van der Waals surface area contributed by atoms with Gasteiger partial charge in [0.1, 0.15) is 0 Å². The summed E-state index contributed by atoms with van der Waals surface area (Å²) >= 11 is 0. The molecule has 0 atom stereocenters. The van der Waals surface area contributed by atoms with E-state index in [1.165, 1.54) is 7.11 Å². The largest absolute Gasteiger partial charge is 0.504 e. The molecule has 14 heavy (non-hydrogen) atoms. The summed E-state index contributed by atoms with van der Waals surface area (Å²) in [7, 11) is 1.50. The van der Waals surface area contributed by atoms with Gasteiger partial charge in [-0.3, -0.25) is 0 Å². The van der Waals surface area contributed by atoms with E-state index in [9.17, 15) is 5.11 Å². The summed E-state index contributed by atoms with van der Waals surface area (Å²) in [6.45, 7) is 0. The van der Waals surface area contributed by atoms with Crippen LogP contribution < -0.4 is 4.84 Å². The standard InChI is InChI=1S/C10H9NO3/c1-13-9-6-5-7-3-2-4-8(12)10(7)14-11-9/h2-6,12H,1H3. The second kappa shape index (κ2) is 3.41. The lowest BCUT2D eigenvalue weighted by atomic mass is 10.2. The predicted molar refractivity (Wildman–Crippen MR) is 52.2 cm³/mol. The van der Waals surface area contributed by atoms with Crippen LogP contribution in [-0.2, 0) is 4.74 Å². The van der Waals surface area contributed by atoms with Crippen LogP contribution in [0.1, 0.15) is 5.56 Å². The second-order valence-electron chi connectivity index (χ2n) is 2.75. The Hall–Kier alpha value is -1.97. The first-order chi connectivity index (χ1) is 6.81. The first-order valence-electron chi connectivity index (χ1n) is 4.10. The number of methoxy groups -OCH3 is 1. The molecule has 0 unspecified atom stereocenters. The Balaban J connectivity index is 2.46. The normalized spacial score (nSPS) is 13.6. The predicted octanol–water partition coefficient (Wildman–Crippen LogP) is 1.76. The van der Waals surface area contributed by atoms with Gasteiger partial charge >= 0.3 is 0 Å². The van der Waals surface area contributed by atoms with Crippen molar-refractivity contribution in [2.24, 2.45) is 5.16 Å². The number of rotatable bonds is 0. The first kappa shape index (κ1) is 8.62. The van der Waals surface area contributed by atoms with E-state index in [0.717, 1.165) is 5.56 Å². The molecule has 0 saturated carbocycles. The number of oxime groups is 1. The van der Waals surface area contributed by atoms with Gasteiger partial charge in [0.05, 0.1) is 7.11 Å².